The molecule has 2 aliphatic rings. The van der Waals surface area contributed by atoms with Crippen LogP contribution in [-0.4, -0.2) is 62.5 Å². The van der Waals surface area contributed by atoms with Crippen LogP contribution in [0.25, 0.3) is 0 Å². The van der Waals surface area contributed by atoms with Gasteiger partial charge in [-0.15, -0.1) is 0 Å². The van der Waals surface area contributed by atoms with E-state index >= 15 is 0 Å². The number of pyridine rings is 1. The van der Waals surface area contributed by atoms with E-state index in [1.165, 1.54) is 0 Å². The minimum atomic E-state index is -0.288. The van der Waals surface area contributed by atoms with Gasteiger partial charge in [0, 0.05) is 32.4 Å². The number of nitrogens with one attached hydrogen (secondary N) is 2. The molecule has 1 amide bonds. The highest BCUT2D eigenvalue weighted by atomic mass is 16.5. The molecule has 2 aliphatic heterocycles. The number of carbonyl (C=O) groups excluding carboxylic acids is 1. The average molecular weight is 320 g/mol. The number of amides is 1. The Kier molecular flexibility index (Phi) is 5.43. The third-order valence-electron chi connectivity index (χ3n) is 4.21. The van der Waals surface area contributed by atoms with Crippen molar-refractivity contribution in [2.24, 2.45) is 0 Å². The third kappa shape index (κ3) is 4.19. The summed E-state index contributed by atoms with van der Waals surface area (Å²) >= 11 is 0. The van der Waals surface area contributed by atoms with Crippen LogP contribution in [0.4, 0.5) is 5.82 Å². The van der Waals surface area contributed by atoms with E-state index in [9.17, 15) is 4.79 Å². The molecule has 0 spiro atoms. The highest BCUT2D eigenvalue weighted by Crippen LogP contribution is 2.14. The van der Waals surface area contributed by atoms with Gasteiger partial charge in [0.25, 0.3) is 0 Å². The molecule has 0 aromatic carbocycles. The zero-order chi connectivity index (χ0) is 16.1. The van der Waals surface area contributed by atoms with Gasteiger partial charge in [0.15, 0.2) is 0 Å². The van der Waals surface area contributed by atoms with Gasteiger partial charge >= 0.3 is 0 Å². The van der Waals surface area contributed by atoms with Crippen molar-refractivity contribution < 1.29 is 14.3 Å². The number of nitrogens with zero attached hydrogens (tertiary/aromatic N) is 2. The van der Waals surface area contributed by atoms with Crippen LogP contribution in [-0.2, 0) is 20.8 Å². The van der Waals surface area contributed by atoms with E-state index in [-0.39, 0.29) is 18.1 Å². The fourth-order valence-corrected chi connectivity index (χ4v) is 2.86. The van der Waals surface area contributed by atoms with Crippen molar-refractivity contribution in [3.8, 4) is 0 Å². The molecule has 0 saturated carbocycles. The molecule has 7 heteroatoms. The number of ether oxygens (including phenoxy) is 2. The lowest BCUT2D eigenvalue weighted by Crippen LogP contribution is -2.55. The molecule has 3 rings (SSSR count). The Morgan fingerprint density at radius 1 is 1.43 bits per heavy atom. The maximum absolute atomic E-state index is 12.3. The quantitative estimate of drug-likeness (QED) is 0.808. The van der Waals surface area contributed by atoms with Gasteiger partial charge in [-0.2, -0.15) is 0 Å². The SMILES string of the molecule is C[C@H]1OCCN[C@@H]1C(=O)NCc1ccnc(N2CCOCC2)c1. The van der Waals surface area contributed by atoms with Crippen LogP contribution in [0.15, 0.2) is 18.3 Å². The third-order valence-corrected chi connectivity index (χ3v) is 4.21. The number of aromatic nitrogens is 1. The lowest BCUT2D eigenvalue weighted by molar-refractivity contribution is -0.129. The smallest absolute Gasteiger partial charge is 0.240 e. The Hall–Kier alpha value is -1.70. The minimum Gasteiger partial charge on any atom is -0.378 e. The Morgan fingerprint density at radius 3 is 3.04 bits per heavy atom. The van der Waals surface area contributed by atoms with Crippen LogP contribution < -0.4 is 15.5 Å². The monoisotopic (exact) mass is 320 g/mol. The van der Waals surface area contributed by atoms with Crippen molar-refractivity contribution in [3.63, 3.8) is 0 Å². The molecular formula is C16H24N4O3. The Morgan fingerprint density at radius 2 is 2.26 bits per heavy atom. The molecule has 1 aromatic heterocycles. The van der Waals surface area contributed by atoms with Crippen LogP contribution in [0.2, 0.25) is 0 Å². The first-order chi connectivity index (χ1) is 11.2. The van der Waals surface area contributed by atoms with E-state index in [0.29, 0.717) is 19.7 Å². The fourth-order valence-electron chi connectivity index (χ4n) is 2.86. The maximum Gasteiger partial charge on any atom is 0.240 e. The molecule has 126 valence electrons. The summed E-state index contributed by atoms with van der Waals surface area (Å²) in [5, 5.41) is 6.17. The van der Waals surface area contributed by atoms with E-state index in [1.54, 1.807) is 6.20 Å². The standard InChI is InChI=1S/C16H24N4O3/c1-12-15(18-4-7-23-12)16(21)19-11-13-2-3-17-14(10-13)20-5-8-22-9-6-20/h2-3,10,12,15,18H,4-9,11H2,1H3,(H,19,21)/t12-,15+/m1/s1. The van der Waals surface area contributed by atoms with Crippen molar-refractivity contribution in [3.05, 3.63) is 23.9 Å². The molecule has 23 heavy (non-hydrogen) atoms. The summed E-state index contributed by atoms with van der Waals surface area (Å²) in [6, 6.07) is 3.67. The van der Waals surface area contributed by atoms with Crippen molar-refractivity contribution in [1.29, 1.82) is 0 Å². The normalized spacial score (nSPS) is 25.2. The summed E-state index contributed by atoms with van der Waals surface area (Å²) in [5.41, 5.74) is 1.04. The fraction of sp³-hybridized carbons (Fsp3) is 0.625. The predicted octanol–water partition coefficient (Wildman–Crippen LogP) is -0.0887. The van der Waals surface area contributed by atoms with Crippen molar-refractivity contribution in [1.82, 2.24) is 15.6 Å². The molecule has 2 fully saturated rings. The van der Waals surface area contributed by atoms with Crippen molar-refractivity contribution in [2.45, 2.75) is 25.6 Å². The average Bonchev–Trinajstić information content (AvgIpc) is 2.61. The summed E-state index contributed by atoms with van der Waals surface area (Å²) < 4.78 is 10.9. The lowest BCUT2D eigenvalue weighted by Gasteiger charge is -2.29. The molecule has 2 atom stereocenters. The largest absolute Gasteiger partial charge is 0.378 e. The number of hydrogen-bond acceptors (Lipinski definition) is 6. The Balaban J connectivity index is 1.56. The zero-order valence-electron chi connectivity index (χ0n) is 13.5. The molecule has 3 heterocycles. The van der Waals surface area contributed by atoms with Crippen LogP contribution >= 0.6 is 0 Å². The second kappa shape index (κ2) is 7.72. The minimum absolute atomic E-state index is 0.0260. The molecule has 0 aliphatic carbocycles. The number of rotatable bonds is 4. The van der Waals surface area contributed by atoms with Gasteiger partial charge < -0.3 is 25.0 Å². The van der Waals surface area contributed by atoms with Crippen LogP contribution in [0, 0.1) is 0 Å². The second-order valence-electron chi connectivity index (χ2n) is 5.85. The Labute approximate surface area is 136 Å². The molecule has 0 radical (unpaired) electrons. The second-order valence-corrected chi connectivity index (χ2v) is 5.85. The van der Waals surface area contributed by atoms with Crippen LogP contribution in [0.5, 0.6) is 0 Å². The van der Waals surface area contributed by atoms with E-state index < -0.39 is 0 Å². The van der Waals surface area contributed by atoms with Crippen molar-refractivity contribution >= 4 is 11.7 Å². The van der Waals surface area contributed by atoms with E-state index in [1.807, 2.05) is 19.1 Å². The molecule has 1 aromatic rings. The topological polar surface area (TPSA) is 75.7 Å². The zero-order valence-corrected chi connectivity index (χ0v) is 13.5. The first-order valence-electron chi connectivity index (χ1n) is 8.14. The first kappa shape index (κ1) is 16.2. The van der Waals surface area contributed by atoms with Crippen LogP contribution in [0.1, 0.15) is 12.5 Å². The van der Waals surface area contributed by atoms with E-state index in [4.69, 9.17) is 9.47 Å². The maximum atomic E-state index is 12.3. The highest BCUT2D eigenvalue weighted by molar-refractivity contribution is 5.82. The van der Waals surface area contributed by atoms with Gasteiger partial charge in [-0.05, 0) is 24.6 Å². The summed E-state index contributed by atoms with van der Waals surface area (Å²) in [7, 11) is 0. The lowest BCUT2D eigenvalue weighted by atomic mass is 10.1. The molecule has 2 N–H and O–H groups in total. The van der Waals surface area contributed by atoms with Gasteiger partial charge in [0.05, 0.1) is 25.9 Å². The highest BCUT2D eigenvalue weighted by Gasteiger charge is 2.27. The predicted molar refractivity (Wildman–Crippen MR) is 86.3 cm³/mol. The van der Waals surface area contributed by atoms with Crippen LogP contribution in [0.3, 0.4) is 0 Å². The van der Waals surface area contributed by atoms with Gasteiger partial charge in [0.2, 0.25) is 5.91 Å². The van der Waals surface area contributed by atoms with Crippen molar-refractivity contribution in [2.75, 3.05) is 44.4 Å². The molecule has 7 nitrogen and oxygen atoms in total. The molecule has 0 bridgehead atoms. The summed E-state index contributed by atoms with van der Waals surface area (Å²) in [6.07, 6.45) is 1.68. The molecular weight excluding hydrogens is 296 g/mol. The van der Waals surface area contributed by atoms with Gasteiger partial charge in [-0.1, -0.05) is 0 Å². The summed E-state index contributed by atoms with van der Waals surface area (Å²) in [4.78, 5) is 18.9. The Bertz CT molecular complexity index is 534. The number of hydrogen-bond donors (Lipinski definition) is 2. The van der Waals surface area contributed by atoms with E-state index in [0.717, 1.165) is 37.7 Å². The molecule has 2 saturated heterocycles. The van der Waals surface area contributed by atoms with E-state index in [2.05, 4.69) is 20.5 Å². The number of anilines is 1. The summed E-state index contributed by atoms with van der Waals surface area (Å²) in [6.45, 7) is 6.93. The number of carbonyl (C=O) groups is 1. The van der Waals surface area contributed by atoms with Gasteiger partial charge in [0.1, 0.15) is 11.9 Å². The number of morpholine rings is 2. The summed E-state index contributed by atoms with van der Waals surface area (Å²) in [5.74, 6) is 0.912. The van der Waals surface area contributed by atoms with Gasteiger partial charge in [-0.25, -0.2) is 4.98 Å². The molecule has 0 unspecified atom stereocenters. The van der Waals surface area contributed by atoms with Gasteiger partial charge in [-0.3, -0.25) is 4.79 Å². The first-order valence-corrected chi connectivity index (χ1v) is 8.14.